The van der Waals surface area contributed by atoms with Crippen LogP contribution in [0.2, 0.25) is 0 Å². The maximum absolute atomic E-state index is 11.0. The van der Waals surface area contributed by atoms with Gasteiger partial charge in [0.1, 0.15) is 5.75 Å². The summed E-state index contributed by atoms with van der Waals surface area (Å²) in [5.74, 6) is -0.783. The second-order valence-corrected chi connectivity index (χ2v) is 5.38. The van der Waals surface area contributed by atoms with E-state index < -0.39 is 5.97 Å². The van der Waals surface area contributed by atoms with Gasteiger partial charge in [-0.25, -0.2) is 4.79 Å². The van der Waals surface area contributed by atoms with Gasteiger partial charge in [0.05, 0.1) is 5.69 Å². The minimum absolute atomic E-state index is 0.00684. The largest absolute Gasteiger partial charge is 0.507 e. The summed E-state index contributed by atoms with van der Waals surface area (Å²) in [6, 6.07) is 5.23. The monoisotopic (exact) mass is 289 g/mol. The van der Waals surface area contributed by atoms with Crippen LogP contribution in [0.1, 0.15) is 21.6 Å². The Bertz CT molecular complexity index is 690. The Morgan fingerprint density at radius 2 is 2.00 bits per heavy atom. The first-order valence-corrected chi connectivity index (χ1v) is 6.54. The first-order valence-electron chi connectivity index (χ1n) is 6.54. The van der Waals surface area contributed by atoms with Crippen LogP contribution in [0.25, 0.3) is 11.3 Å². The second-order valence-electron chi connectivity index (χ2n) is 5.38. The molecule has 1 aromatic carbocycles. The van der Waals surface area contributed by atoms with Gasteiger partial charge in [-0.15, -0.1) is 0 Å². The van der Waals surface area contributed by atoms with Crippen molar-refractivity contribution in [3.05, 3.63) is 35.0 Å². The molecule has 0 saturated carbocycles. The van der Waals surface area contributed by atoms with Crippen molar-refractivity contribution in [3.63, 3.8) is 0 Å². The SMILES string of the molecule is Cc1cc(-c2cc(C(=O)O)nn2C)cc(CN(C)C)c1O. The lowest BCUT2D eigenvalue weighted by Crippen LogP contribution is -2.11. The molecule has 21 heavy (non-hydrogen) atoms. The lowest BCUT2D eigenvalue weighted by Gasteiger charge is -2.14. The summed E-state index contributed by atoms with van der Waals surface area (Å²) in [4.78, 5) is 13.0. The maximum Gasteiger partial charge on any atom is 0.356 e. The minimum Gasteiger partial charge on any atom is -0.507 e. The van der Waals surface area contributed by atoms with Crippen LogP contribution in [0, 0.1) is 6.92 Å². The number of aromatic nitrogens is 2. The predicted molar refractivity (Wildman–Crippen MR) is 79.4 cm³/mol. The molecule has 0 bridgehead atoms. The average Bonchev–Trinajstić information content (AvgIpc) is 2.76. The molecule has 0 saturated heterocycles. The number of nitrogens with zero attached hydrogens (tertiary/aromatic N) is 3. The molecule has 0 aliphatic carbocycles. The third kappa shape index (κ3) is 3.05. The second kappa shape index (κ2) is 5.57. The topological polar surface area (TPSA) is 78.6 Å². The minimum atomic E-state index is -1.05. The first kappa shape index (κ1) is 15.1. The zero-order valence-electron chi connectivity index (χ0n) is 12.6. The van der Waals surface area contributed by atoms with Crippen LogP contribution < -0.4 is 0 Å². The number of aromatic carboxylic acids is 1. The molecule has 2 rings (SSSR count). The fourth-order valence-electron chi connectivity index (χ4n) is 2.30. The molecule has 2 aromatic rings. The Balaban J connectivity index is 2.54. The lowest BCUT2D eigenvalue weighted by molar-refractivity contribution is 0.0689. The van der Waals surface area contributed by atoms with Gasteiger partial charge in [-0.2, -0.15) is 5.10 Å². The van der Waals surface area contributed by atoms with Crippen molar-refractivity contribution in [2.24, 2.45) is 7.05 Å². The van der Waals surface area contributed by atoms with E-state index in [1.54, 1.807) is 7.05 Å². The lowest BCUT2D eigenvalue weighted by atomic mass is 10.0. The van der Waals surface area contributed by atoms with E-state index in [1.807, 2.05) is 38.1 Å². The fraction of sp³-hybridized carbons (Fsp3) is 0.333. The van der Waals surface area contributed by atoms with Gasteiger partial charge in [-0.05, 0) is 44.8 Å². The van der Waals surface area contributed by atoms with Crippen molar-refractivity contribution in [3.8, 4) is 17.0 Å². The van der Waals surface area contributed by atoms with Gasteiger partial charge < -0.3 is 15.1 Å². The van der Waals surface area contributed by atoms with Gasteiger partial charge in [0, 0.05) is 24.7 Å². The van der Waals surface area contributed by atoms with Gasteiger partial charge in [0.2, 0.25) is 0 Å². The van der Waals surface area contributed by atoms with Gasteiger partial charge in [0.15, 0.2) is 5.69 Å². The molecule has 0 aliphatic rings. The highest BCUT2D eigenvalue weighted by atomic mass is 16.4. The summed E-state index contributed by atoms with van der Waals surface area (Å²) in [6.07, 6.45) is 0. The summed E-state index contributed by atoms with van der Waals surface area (Å²) in [5, 5.41) is 23.1. The zero-order valence-corrected chi connectivity index (χ0v) is 12.6. The molecule has 112 valence electrons. The standard InChI is InChI=1S/C15H19N3O3/c1-9-5-10(6-11(14(9)19)8-17(2)3)13-7-12(15(20)21)16-18(13)4/h5-7,19H,8H2,1-4H3,(H,20,21). The van der Waals surface area contributed by atoms with Gasteiger partial charge in [0.25, 0.3) is 0 Å². The third-order valence-corrected chi connectivity index (χ3v) is 3.26. The number of hydrogen-bond donors (Lipinski definition) is 2. The van der Waals surface area contributed by atoms with Crippen LogP contribution in [0.15, 0.2) is 18.2 Å². The number of rotatable bonds is 4. The number of phenols is 1. The van der Waals surface area contributed by atoms with E-state index in [-0.39, 0.29) is 11.4 Å². The number of benzene rings is 1. The number of carboxylic acids is 1. The maximum atomic E-state index is 11.0. The molecular formula is C15H19N3O3. The van der Waals surface area contributed by atoms with Crippen molar-refractivity contribution in [2.75, 3.05) is 14.1 Å². The molecule has 6 heteroatoms. The van der Waals surface area contributed by atoms with E-state index >= 15 is 0 Å². The smallest absolute Gasteiger partial charge is 0.356 e. The first-order chi connectivity index (χ1) is 9.79. The molecule has 0 aliphatic heterocycles. The summed E-state index contributed by atoms with van der Waals surface area (Å²) in [7, 11) is 5.55. The van der Waals surface area contributed by atoms with Gasteiger partial charge in [-0.3, -0.25) is 4.68 Å². The molecule has 0 radical (unpaired) electrons. The highest BCUT2D eigenvalue weighted by Crippen LogP contribution is 2.30. The molecule has 2 N–H and O–H groups in total. The van der Waals surface area contributed by atoms with E-state index in [4.69, 9.17) is 5.11 Å². The molecule has 0 fully saturated rings. The van der Waals surface area contributed by atoms with Crippen molar-refractivity contribution >= 4 is 5.97 Å². The Morgan fingerprint density at radius 3 is 2.52 bits per heavy atom. The molecule has 0 unspecified atom stereocenters. The van der Waals surface area contributed by atoms with Crippen LogP contribution in [-0.2, 0) is 13.6 Å². The number of phenolic OH excluding ortho intramolecular Hbond substituents is 1. The molecular weight excluding hydrogens is 270 g/mol. The van der Waals surface area contributed by atoms with Crippen molar-refractivity contribution < 1.29 is 15.0 Å². The van der Waals surface area contributed by atoms with Crippen molar-refractivity contribution in [1.29, 1.82) is 0 Å². The van der Waals surface area contributed by atoms with Crippen LogP contribution in [-0.4, -0.2) is 45.0 Å². The van der Waals surface area contributed by atoms with Crippen LogP contribution >= 0.6 is 0 Å². The number of hydrogen-bond acceptors (Lipinski definition) is 4. The van der Waals surface area contributed by atoms with Gasteiger partial charge in [-0.1, -0.05) is 0 Å². The highest BCUT2D eigenvalue weighted by molar-refractivity contribution is 5.87. The summed E-state index contributed by atoms with van der Waals surface area (Å²) in [5.41, 5.74) is 3.10. The van der Waals surface area contributed by atoms with Crippen molar-refractivity contribution in [2.45, 2.75) is 13.5 Å². The summed E-state index contributed by atoms with van der Waals surface area (Å²) >= 11 is 0. The van der Waals surface area contributed by atoms with E-state index in [0.29, 0.717) is 12.2 Å². The van der Waals surface area contributed by atoms with Gasteiger partial charge >= 0.3 is 5.97 Å². The number of carbonyl (C=O) groups is 1. The number of carboxylic acid groups (broad SMARTS) is 1. The van der Waals surface area contributed by atoms with Crippen molar-refractivity contribution in [1.82, 2.24) is 14.7 Å². The van der Waals surface area contributed by atoms with E-state index in [2.05, 4.69) is 5.10 Å². The number of aromatic hydroxyl groups is 1. The van der Waals surface area contributed by atoms with Crippen LogP contribution in [0.3, 0.4) is 0 Å². The summed E-state index contributed by atoms with van der Waals surface area (Å²) in [6.45, 7) is 2.43. The zero-order chi connectivity index (χ0) is 15.7. The van der Waals surface area contributed by atoms with E-state index in [0.717, 1.165) is 16.7 Å². The Labute approximate surface area is 123 Å². The Hall–Kier alpha value is -2.34. The molecule has 0 amide bonds. The average molecular weight is 289 g/mol. The molecule has 1 heterocycles. The molecule has 6 nitrogen and oxygen atoms in total. The van der Waals surface area contributed by atoms with Crippen LogP contribution in [0.5, 0.6) is 5.75 Å². The third-order valence-electron chi connectivity index (χ3n) is 3.26. The van der Waals surface area contributed by atoms with E-state index in [1.165, 1.54) is 10.7 Å². The molecule has 0 atom stereocenters. The quantitative estimate of drug-likeness (QED) is 0.898. The highest BCUT2D eigenvalue weighted by Gasteiger charge is 2.15. The normalized spacial score (nSPS) is 11.1. The molecule has 0 spiro atoms. The molecule has 1 aromatic heterocycles. The summed E-state index contributed by atoms with van der Waals surface area (Å²) < 4.78 is 1.54. The Kier molecular flexibility index (Phi) is 3.99. The Morgan fingerprint density at radius 1 is 1.33 bits per heavy atom. The van der Waals surface area contributed by atoms with Crippen LogP contribution in [0.4, 0.5) is 0 Å². The fourth-order valence-corrected chi connectivity index (χ4v) is 2.30. The van der Waals surface area contributed by atoms with E-state index in [9.17, 15) is 9.90 Å². The number of aryl methyl sites for hydroxylation is 2. The predicted octanol–water partition coefficient (Wildman–Crippen LogP) is 1.86.